The van der Waals surface area contributed by atoms with Crippen molar-refractivity contribution in [1.29, 1.82) is 0 Å². The van der Waals surface area contributed by atoms with E-state index in [1.165, 1.54) is 12.8 Å². The van der Waals surface area contributed by atoms with Crippen LogP contribution in [0.1, 0.15) is 40.0 Å². The predicted molar refractivity (Wildman–Crippen MR) is 81.3 cm³/mol. The molecule has 1 rings (SSSR count). The second kappa shape index (κ2) is 5.83. The van der Waals surface area contributed by atoms with E-state index in [0.29, 0.717) is 10.3 Å². The van der Waals surface area contributed by atoms with Gasteiger partial charge in [-0.25, -0.2) is 0 Å². The van der Waals surface area contributed by atoms with Crippen molar-refractivity contribution in [3.05, 3.63) is 24.3 Å². The zero-order chi connectivity index (χ0) is 12.2. The Morgan fingerprint density at radius 3 is 2.25 bits per heavy atom. The summed E-state index contributed by atoms with van der Waals surface area (Å²) >= 11 is 3.56. The molecule has 0 saturated heterocycles. The molecule has 0 radical (unpaired) electrons. The predicted octanol–water partition coefficient (Wildman–Crippen LogP) is 5.33. The number of hydrogen-bond donors (Lipinski definition) is 0. The molecule has 0 aromatic heterocycles. The lowest BCUT2D eigenvalue weighted by atomic mass is 9.97. The van der Waals surface area contributed by atoms with E-state index in [4.69, 9.17) is 0 Å². The Labute approximate surface area is 110 Å². The fraction of sp³-hybridized carbons (Fsp3) is 0.714. The Balaban J connectivity index is 2.90. The fourth-order valence-electron chi connectivity index (χ4n) is 2.21. The van der Waals surface area contributed by atoms with Crippen LogP contribution in [0.15, 0.2) is 24.3 Å². The monoisotopic (exact) mass is 302 g/mol. The van der Waals surface area contributed by atoms with Crippen LogP contribution in [-0.4, -0.2) is 22.3 Å². The first-order chi connectivity index (χ1) is 7.42. The van der Waals surface area contributed by atoms with Crippen molar-refractivity contribution in [3.63, 3.8) is 0 Å². The molecule has 0 fully saturated rings. The molecule has 0 amide bonds. The lowest BCUT2D eigenvalue weighted by Crippen LogP contribution is -2.30. The fourth-order valence-corrected chi connectivity index (χ4v) is 4.89. The summed E-state index contributed by atoms with van der Waals surface area (Å²) in [7, 11) is -0.0301. The lowest BCUT2D eigenvalue weighted by molar-refractivity contribution is 0.686. The Hall–Kier alpha value is 0.390. The third-order valence-electron chi connectivity index (χ3n) is 3.43. The van der Waals surface area contributed by atoms with Crippen molar-refractivity contribution in [1.82, 2.24) is 0 Å². The number of halogens is 1. The van der Waals surface area contributed by atoms with Gasteiger partial charge in [-0.2, -0.15) is 0 Å². The van der Waals surface area contributed by atoms with Crippen molar-refractivity contribution < 1.29 is 0 Å². The number of allylic oxidation sites excluding steroid dienone is 4. The minimum atomic E-state index is -0.0301. The molecule has 1 atom stereocenters. The maximum Gasteiger partial charge on any atom is 0.0265 e. The summed E-state index contributed by atoms with van der Waals surface area (Å²) in [6.45, 7) is 9.60. The highest BCUT2D eigenvalue weighted by Gasteiger charge is 2.37. The number of hydrogen-bond acceptors (Lipinski definition) is 0. The first-order valence-corrected chi connectivity index (χ1v) is 8.99. The molecule has 1 unspecified atom stereocenters. The maximum atomic E-state index is 3.56. The second-order valence-corrected chi connectivity index (χ2v) is 9.64. The molecule has 0 spiro atoms. The summed E-state index contributed by atoms with van der Waals surface area (Å²) in [6.07, 6.45) is 13.3. The molecule has 16 heavy (non-hydrogen) atoms. The third kappa shape index (κ3) is 3.44. The van der Waals surface area contributed by atoms with Crippen LogP contribution in [0.3, 0.4) is 0 Å². The Morgan fingerprint density at radius 2 is 1.81 bits per heavy atom. The summed E-state index contributed by atoms with van der Waals surface area (Å²) in [5.41, 5.74) is 0. The van der Waals surface area contributed by atoms with Crippen molar-refractivity contribution in [2.24, 2.45) is 0 Å². The lowest BCUT2D eigenvalue weighted by Gasteiger charge is -2.43. The normalized spacial score (nSPS) is 21.1. The molecule has 0 saturated carbocycles. The van der Waals surface area contributed by atoms with Crippen LogP contribution in [0.4, 0.5) is 0 Å². The highest BCUT2D eigenvalue weighted by molar-refractivity contribution is 9.09. The summed E-state index contributed by atoms with van der Waals surface area (Å²) in [6, 6.07) is 0. The van der Waals surface area contributed by atoms with Crippen molar-refractivity contribution in [2.45, 2.75) is 50.3 Å². The van der Waals surface area contributed by atoms with Gasteiger partial charge in [0.25, 0.3) is 0 Å². The van der Waals surface area contributed by atoms with Crippen molar-refractivity contribution in [2.75, 3.05) is 12.0 Å². The Morgan fingerprint density at radius 1 is 1.25 bits per heavy atom. The first kappa shape index (κ1) is 14.5. The van der Waals surface area contributed by atoms with Crippen LogP contribution in [0, 0.1) is 0 Å². The zero-order valence-electron chi connectivity index (χ0n) is 11.0. The highest BCUT2D eigenvalue weighted by atomic mass is 79.9. The van der Waals surface area contributed by atoms with E-state index in [9.17, 15) is 0 Å². The van der Waals surface area contributed by atoms with E-state index in [-0.39, 0.29) is 7.92 Å². The minimum Gasteiger partial charge on any atom is -0.0928 e. The van der Waals surface area contributed by atoms with Gasteiger partial charge in [0.2, 0.25) is 0 Å². The van der Waals surface area contributed by atoms with Crippen LogP contribution in [0.25, 0.3) is 0 Å². The average Bonchev–Trinajstić information content (AvgIpc) is 2.25. The molecule has 2 heteroatoms. The van der Waals surface area contributed by atoms with Crippen LogP contribution < -0.4 is 0 Å². The molecule has 0 N–H and O–H groups in total. The van der Waals surface area contributed by atoms with E-state index in [1.54, 1.807) is 0 Å². The van der Waals surface area contributed by atoms with Crippen molar-refractivity contribution >= 4 is 23.9 Å². The summed E-state index contributed by atoms with van der Waals surface area (Å²) in [4.78, 5) is 0. The number of rotatable bonds is 4. The van der Waals surface area contributed by atoms with Crippen LogP contribution in [-0.2, 0) is 0 Å². The van der Waals surface area contributed by atoms with Gasteiger partial charge in [0.05, 0.1) is 0 Å². The van der Waals surface area contributed by atoms with Gasteiger partial charge >= 0.3 is 0 Å². The van der Waals surface area contributed by atoms with Crippen molar-refractivity contribution in [3.8, 4) is 0 Å². The van der Waals surface area contributed by atoms with Crippen LogP contribution in [0.2, 0.25) is 0 Å². The molecule has 0 aromatic rings. The topological polar surface area (TPSA) is 0 Å². The van der Waals surface area contributed by atoms with Crippen LogP contribution in [0.5, 0.6) is 0 Å². The molecule has 0 heterocycles. The SMILES string of the molecule is CP(C(C)(C)C)C1(CCCBr)C=CCC=C1. The molecule has 0 nitrogen and oxygen atoms in total. The summed E-state index contributed by atoms with van der Waals surface area (Å²) < 4.78 is 0. The first-order valence-electron chi connectivity index (χ1n) is 6.08. The van der Waals surface area contributed by atoms with Gasteiger partial charge in [-0.3, -0.25) is 0 Å². The third-order valence-corrected chi connectivity index (χ3v) is 7.77. The largest absolute Gasteiger partial charge is 0.0928 e. The van der Waals surface area contributed by atoms with Gasteiger partial charge in [-0.05, 0) is 31.1 Å². The summed E-state index contributed by atoms with van der Waals surface area (Å²) in [5.74, 6) is 0. The molecule has 1 aliphatic carbocycles. The van der Waals surface area contributed by atoms with E-state index >= 15 is 0 Å². The second-order valence-electron chi connectivity index (χ2n) is 5.55. The maximum absolute atomic E-state index is 3.56. The van der Waals surface area contributed by atoms with Crippen LogP contribution >= 0.6 is 23.9 Å². The van der Waals surface area contributed by atoms with E-state index in [0.717, 1.165) is 11.8 Å². The van der Waals surface area contributed by atoms with E-state index in [2.05, 4.69) is 67.7 Å². The Bertz CT molecular complexity index is 261. The van der Waals surface area contributed by atoms with Gasteiger partial charge in [0.1, 0.15) is 0 Å². The van der Waals surface area contributed by atoms with Gasteiger partial charge < -0.3 is 0 Å². The molecular formula is C14H24BrP. The average molecular weight is 303 g/mol. The molecule has 0 aliphatic heterocycles. The molecule has 0 bridgehead atoms. The minimum absolute atomic E-state index is 0.0301. The van der Waals surface area contributed by atoms with E-state index in [1.807, 2.05) is 0 Å². The zero-order valence-corrected chi connectivity index (χ0v) is 13.4. The Kier molecular flexibility index (Phi) is 5.26. The van der Waals surface area contributed by atoms with Gasteiger partial charge in [0, 0.05) is 10.5 Å². The van der Waals surface area contributed by atoms with Gasteiger partial charge in [0.15, 0.2) is 0 Å². The molecule has 92 valence electrons. The molecule has 1 aliphatic rings. The smallest absolute Gasteiger partial charge is 0.0265 e. The number of alkyl halides is 1. The van der Waals surface area contributed by atoms with E-state index < -0.39 is 0 Å². The molecular weight excluding hydrogens is 279 g/mol. The summed E-state index contributed by atoms with van der Waals surface area (Å²) in [5, 5.41) is 1.89. The molecule has 0 aromatic carbocycles. The quantitative estimate of drug-likeness (QED) is 0.374. The van der Waals surface area contributed by atoms with Gasteiger partial charge in [-0.1, -0.05) is 68.9 Å². The standard InChI is InChI=1S/C14H24BrP/c1-13(2,3)16(4)14(11-8-12-15)9-6-5-7-10-14/h6-7,9-10H,5,8,11-12H2,1-4H3. The highest BCUT2D eigenvalue weighted by Crippen LogP contribution is 2.60. The van der Waals surface area contributed by atoms with Gasteiger partial charge in [-0.15, -0.1) is 0 Å².